The minimum Gasteiger partial charge on any atom is -0.309 e. The van der Waals surface area contributed by atoms with Crippen molar-refractivity contribution < 1.29 is 9.60 Å². The minimum absolute atomic E-state index is 0.0772. The van der Waals surface area contributed by atoms with Crippen molar-refractivity contribution in [1.82, 2.24) is 9.13 Å². The van der Waals surface area contributed by atoms with Gasteiger partial charge in [-0.2, -0.15) is 0 Å². The van der Waals surface area contributed by atoms with Crippen LogP contribution >= 0.6 is 0 Å². The monoisotopic (exact) mass is 719 g/mol. The molecule has 0 N–H and O–H groups in total. The van der Waals surface area contributed by atoms with E-state index >= 15 is 0 Å². The van der Waals surface area contributed by atoms with E-state index in [1.54, 1.807) is 4.57 Å². The van der Waals surface area contributed by atoms with Crippen molar-refractivity contribution in [3.63, 3.8) is 0 Å². The maximum atomic E-state index is 9.86. The average molecular weight is 720 g/mol. The highest BCUT2D eigenvalue weighted by Crippen LogP contribution is 2.40. The van der Waals surface area contributed by atoms with Crippen molar-refractivity contribution >= 4 is 43.6 Å². The molecule has 9 aromatic carbocycles. The summed E-state index contributed by atoms with van der Waals surface area (Å²) in [5.41, 5.74) is 10.9. The summed E-state index contributed by atoms with van der Waals surface area (Å²) in [6.45, 7) is 0. The lowest BCUT2D eigenvalue weighted by molar-refractivity contribution is 1.18. The summed E-state index contributed by atoms with van der Waals surface area (Å²) in [5, 5.41) is 2.23. The molecule has 0 aliphatic rings. The second-order valence-corrected chi connectivity index (χ2v) is 14.0. The van der Waals surface area contributed by atoms with E-state index < -0.39 is 12.1 Å². The Hall–Kier alpha value is -7.42. The SMILES string of the molecule is [2H]c1c([2H])c([2H])c2c(c1[2H])c1c([2H])c(-c3ccc4c(c3)c3ccc(-c5ccccc5)cc3n4-c3ccc(-c4ccccc4)cc3)c([2H])c([2H])c1n2-c1ccc(-c2ccccc2)cc1. The zero-order valence-corrected chi connectivity index (χ0v) is 30.1. The first-order valence-corrected chi connectivity index (χ1v) is 18.7. The number of nitrogens with zero attached hydrogens (tertiary/aromatic N) is 2. The Balaban J connectivity index is 1.15. The molecular formula is C54H36N2. The summed E-state index contributed by atoms with van der Waals surface area (Å²) in [5.74, 6) is 0. The molecule has 262 valence electrons. The quantitative estimate of drug-likeness (QED) is 0.162. The summed E-state index contributed by atoms with van der Waals surface area (Å²) < 4.78 is 68.5. The van der Waals surface area contributed by atoms with Crippen LogP contribution in [0.5, 0.6) is 0 Å². The van der Waals surface area contributed by atoms with Crippen LogP contribution in [0.4, 0.5) is 0 Å². The largest absolute Gasteiger partial charge is 0.309 e. The van der Waals surface area contributed by atoms with Gasteiger partial charge in [-0.25, -0.2) is 0 Å². The average Bonchev–Trinajstić information content (AvgIpc) is 3.87. The van der Waals surface area contributed by atoms with Crippen molar-refractivity contribution in [3.05, 3.63) is 218 Å². The molecule has 0 unspecified atom stereocenters. The van der Waals surface area contributed by atoms with Gasteiger partial charge in [0.15, 0.2) is 0 Å². The molecule has 0 aliphatic heterocycles. The Labute approximate surface area is 335 Å². The van der Waals surface area contributed by atoms with Crippen molar-refractivity contribution in [2.24, 2.45) is 0 Å². The fourth-order valence-electron chi connectivity index (χ4n) is 8.05. The third-order valence-corrected chi connectivity index (χ3v) is 10.8. The van der Waals surface area contributed by atoms with E-state index in [1.165, 1.54) is 0 Å². The van der Waals surface area contributed by atoms with Crippen LogP contribution < -0.4 is 0 Å². The van der Waals surface area contributed by atoms with Crippen LogP contribution in [0, 0.1) is 0 Å². The molecule has 0 aliphatic carbocycles. The van der Waals surface area contributed by atoms with Crippen LogP contribution in [0.15, 0.2) is 218 Å². The summed E-state index contributed by atoms with van der Waals surface area (Å²) in [6.07, 6.45) is 0. The summed E-state index contributed by atoms with van der Waals surface area (Å²) in [7, 11) is 0. The number of benzene rings is 9. The molecular weight excluding hydrogens is 677 g/mol. The zero-order chi connectivity index (χ0) is 43.1. The molecule has 56 heavy (non-hydrogen) atoms. The topological polar surface area (TPSA) is 9.86 Å². The molecule has 2 heteroatoms. The van der Waals surface area contributed by atoms with Crippen LogP contribution in [0.2, 0.25) is 0 Å². The van der Waals surface area contributed by atoms with Gasteiger partial charge in [0.25, 0.3) is 0 Å². The predicted molar refractivity (Wildman–Crippen MR) is 237 cm³/mol. The normalized spacial score (nSPS) is 13.3. The second kappa shape index (κ2) is 13.2. The molecule has 0 saturated carbocycles. The molecule has 0 spiro atoms. The number of hydrogen-bond acceptors (Lipinski definition) is 0. The molecule has 0 fully saturated rings. The van der Waals surface area contributed by atoms with Gasteiger partial charge in [-0.05, 0) is 105 Å². The molecule has 2 heterocycles. The number of fused-ring (bicyclic) bond motifs is 6. The maximum Gasteiger partial charge on any atom is 0.0645 e. The Morgan fingerprint density at radius 1 is 0.286 bits per heavy atom. The number of rotatable bonds is 6. The molecule has 0 amide bonds. The Morgan fingerprint density at radius 2 is 0.768 bits per heavy atom. The number of para-hydroxylation sites is 1. The molecule has 0 bridgehead atoms. The van der Waals surface area contributed by atoms with Gasteiger partial charge in [-0.15, -0.1) is 0 Å². The minimum atomic E-state index is -0.422. The van der Waals surface area contributed by atoms with Gasteiger partial charge < -0.3 is 9.13 Å². The molecule has 2 aromatic heterocycles. The fourth-order valence-corrected chi connectivity index (χ4v) is 8.05. The highest BCUT2D eigenvalue weighted by Gasteiger charge is 2.17. The molecule has 0 saturated heterocycles. The van der Waals surface area contributed by atoms with Gasteiger partial charge in [0.2, 0.25) is 0 Å². The van der Waals surface area contributed by atoms with Gasteiger partial charge >= 0.3 is 0 Å². The van der Waals surface area contributed by atoms with E-state index in [1.807, 2.05) is 109 Å². The zero-order valence-electron chi connectivity index (χ0n) is 37.1. The van der Waals surface area contributed by atoms with Gasteiger partial charge in [-0.3, -0.25) is 0 Å². The van der Waals surface area contributed by atoms with Crippen LogP contribution in [-0.2, 0) is 0 Å². The van der Waals surface area contributed by atoms with E-state index in [0.717, 1.165) is 60.9 Å². The number of aromatic nitrogens is 2. The highest BCUT2D eigenvalue weighted by molar-refractivity contribution is 6.13. The lowest BCUT2D eigenvalue weighted by Crippen LogP contribution is -1.94. The van der Waals surface area contributed by atoms with E-state index in [9.17, 15) is 4.11 Å². The van der Waals surface area contributed by atoms with E-state index in [2.05, 4.69) is 71.3 Å². The summed E-state index contributed by atoms with van der Waals surface area (Å²) in [6, 6.07) is 57.0. The van der Waals surface area contributed by atoms with Gasteiger partial charge in [0, 0.05) is 32.9 Å². The Bertz CT molecular complexity index is 3600. The van der Waals surface area contributed by atoms with E-state index in [-0.39, 0.29) is 57.6 Å². The first-order valence-electron chi connectivity index (χ1n) is 22.2. The summed E-state index contributed by atoms with van der Waals surface area (Å²) in [4.78, 5) is 0. The second-order valence-electron chi connectivity index (χ2n) is 14.0. The van der Waals surface area contributed by atoms with E-state index in [0.29, 0.717) is 11.3 Å². The lowest BCUT2D eigenvalue weighted by atomic mass is 9.99. The smallest absolute Gasteiger partial charge is 0.0645 e. The van der Waals surface area contributed by atoms with Gasteiger partial charge in [0.1, 0.15) is 0 Å². The third kappa shape index (κ3) is 5.34. The molecule has 11 aromatic rings. The number of hydrogen-bond donors (Lipinski definition) is 0. The van der Waals surface area contributed by atoms with Crippen molar-refractivity contribution in [3.8, 4) is 55.9 Å². The van der Waals surface area contributed by atoms with Crippen LogP contribution in [0.3, 0.4) is 0 Å². The summed E-state index contributed by atoms with van der Waals surface area (Å²) >= 11 is 0. The maximum absolute atomic E-state index is 9.86. The van der Waals surface area contributed by atoms with Gasteiger partial charge in [0.05, 0.1) is 31.7 Å². The van der Waals surface area contributed by atoms with Crippen LogP contribution in [0.1, 0.15) is 9.60 Å². The third-order valence-electron chi connectivity index (χ3n) is 10.8. The first kappa shape index (κ1) is 25.6. The predicted octanol–water partition coefficient (Wildman–Crippen LogP) is 14.5. The van der Waals surface area contributed by atoms with Crippen LogP contribution in [-0.4, -0.2) is 9.13 Å². The molecule has 11 rings (SSSR count). The van der Waals surface area contributed by atoms with E-state index in [4.69, 9.17) is 5.48 Å². The highest BCUT2D eigenvalue weighted by atomic mass is 15.0. The van der Waals surface area contributed by atoms with Crippen molar-refractivity contribution in [2.75, 3.05) is 0 Å². The molecule has 0 radical (unpaired) electrons. The van der Waals surface area contributed by atoms with Gasteiger partial charge in [-0.1, -0.05) is 158 Å². The Morgan fingerprint density at radius 3 is 1.39 bits per heavy atom. The van der Waals surface area contributed by atoms with Crippen molar-refractivity contribution in [2.45, 2.75) is 0 Å². The fraction of sp³-hybridized carbons (Fsp3) is 0. The van der Waals surface area contributed by atoms with Crippen LogP contribution in [0.25, 0.3) is 99.5 Å². The van der Waals surface area contributed by atoms with Crippen molar-refractivity contribution in [1.29, 1.82) is 0 Å². The molecule has 2 nitrogen and oxygen atoms in total. The molecule has 0 atom stereocenters. The Kier molecular flexibility index (Phi) is 6.01. The lowest BCUT2D eigenvalue weighted by Gasteiger charge is -2.11. The standard InChI is InChI=1S/C54H36N2/c1-4-12-37(13-5-1)40-20-27-45(28-21-40)55-51-19-11-10-18-47(51)49-34-42(25-32-52(49)55)43-26-33-53-50(35-43)48-31-24-44(39-16-8-3-9-17-39)36-54(48)56(53)46-29-22-41(23-30-46)38-14-6-2-7-15-38/h1-36H/i10D,11D,18D,19D,25D,32D,34D. The first-order chi connectivity index (χ1) is 30.7.